The number of hydrogen-bond acceptors (Lipinski definition) is 3. The van der Waals surface area contributed by atoms with Crippen molar-refractivity contribution >= 4 is 11.9 Å². The zero-order chi connectivity index (χ0) is 21.7. The minimum Gasteiger partial charge on any atom is -0.388 e. The first-order valence-electron chi connectivity index (χ1n) is 10.2. The van der Waals surface area contributed by atoms with Gasteiger partial charge in [-0.15, -0.1) is 0 Å². The van der Waals surface area contributed by atoms with E-state index in [-0.39, 0.29) is 11.6 Å². The van der Waals surface area contributed by atoms with E-state index in [2.05, 4.69) is 10.6 Å². The Kier molecular flexibility index (Phi) is 6.72. The highest BCUT2D eigenvalue weighted by molar-refractivity contribution is 5.94. The molecule has 0 aromatic heterocycles. The lowest BCUT2D eigenvalue weighted by molar-refractivity contribution is -0.0511. The van der Waals surface area contributed by atoms with Gasteiger partial charge in [-0.05, 0) is 49.6 Å². The Balaban J connectivity index is 1.95. The summed E-state index contributed by atoms with van der Waals surface area (Å²) in [6.45, 7) is 4.53. The van der Waals surface area contributed by atoms with Crippen molar-refractivity contribution in [2.45, 2.75) is 44.4 Å². The number of hydrogen-bond donors (Lipinski definition) is 3. The third-order valence-corrected chi connectivity index (χ3v) is 5.50. The lowest BCUT2D eigenvalue weighted by atomic mass is 9.79. The summed E-state index contributed by atoms with van der Waals surface area (Å²) in [6.07, 6.45) is 1.11. The monoisotopic (exact) mass is 413 g/mol. The Bertz CT molecular complexity index is 871. The highest BCUT2D eigenvalue weighted by Gasteiger charge is 2.47. The molecule has 1 heterocycles. The predicted octanol–water partition coefficient (Wildman–Crippen LogP) is 3.24. The van der Waals surface area contributed by atoms with Gasteiger partial charge in [0.2, 0.25) is 0 Å². The second-order valence-corrected chi connectivity index (χ2v) is 7.85. The van der Waals surface area contributed by atoms with Gasteiger partial charge in [0, 0.05) is 18.7 Å². The summed E-state index contributed by atoms with van der Waals surface area (Å²) >= 11 is 0. The summed E-state index contributed by atoms with van der Waals surface area (Å²) in [4.78, 5) is 27.4. The standard InChI is InChI=1S/C23H28FN3O3/c1-3-14-25-22(29)27-15-13-23(2,30)20(19(27)16-7-5-4-6-8-16)26-21(28)17-9-11-18(24)12-10-17/h4-12,19-20,30H,3,13-15H2,1-2H3,(H,25,29)(H,26,28)/t19-,20-,23+/m0/s1. The minimum atomic E-state index is -1.24. The van der Waals surface area contributed by atoms with Crippen LogP contribution in [0.1, 0.15) is 48.7 Å². The van der Waals surface area contributed by atoms with Gasteiger partial charge in [0.1, 0.15) is 5.82 Å². The number of amides is 3. The Morgan fingerprint density at radius 2 is 1.83 bits per heavy atom. The second-order valence-electron chi connectivity index (χ2n) is 7.85. The molecular formula is C23H28FN3O3. The van der Waals surface area contributed by atoms with Crippen LogP contribution in [0, 0.1) is 5.82 Å². The molecular weight excluding hydrogens is 385 g/mol. The molecule has 0 aliphatic carbocycles. The summed E-state index contributed by atoms with van der Waals surface area (Å²) < 4.78 is 13.2. The fraction of sp³-hybridized carbons (Fsp3) is 0.391. The molecule has 3 N–H and O–H groups in total. The number of aliphatic hydroxyl groups is 1. The maximum Gasteiger partial charge on any atom is 0.317 e. The summed E-state index contributed by atoms with van der Waals surface area (Å²) in [5.74, 6) is -0.867. The zero-order valence-electron chi connectivity index (χ0n) is 17.3. The molecule has 0 saturated carbocycles. The van der Waals surface area contributed by atoms with Gasteiger partial charge in [-0.1, -0.05) is 37.3 Å². The number of piperidine rings is 1. The number of carbonyl (C=O) groups excluding carboxylic acids is 2. The number of halogens is 1. The fourth-order valence-corrected chi connectivity index (χ4v) is 3.81. The van der Waals surface area contributed by atoms with Crippen LogP contribution < -0.4 is 10.6 Å². The fourth-order valence-electron chi connectivity index (χ4n) is 3.81. The summed E-state index contributed by atoms with van der Waals surface area (Å²) in [5, 5.41) is 16.9. The molecule has 30 heavy (non-hydrogen) atoms. The highest BCUT2D eigenvalue weighted by Crippen LogP contribution is 2.37. The van der Waals surface area contributed by atoms with Crippen molar-refractivity contribution in [3.63, 3.8) is 0 Å². The first-order valence-corrected chi connectivity index (χ1v) is 10.2. The van der Waals surface area contributed by atoms with E-state index in [4.69, 9.17) is 0 Å². The van der Waals surface area contributed by atoms with Gasteiger partial charge < -0.3 is 20.6 Å². The van der Waals surface area contributed by atoms with Gasteiger partial charge in [-0.2, -0.15) is 0 Å². The van der Waals surface area contributed by atoms with Crippen molar-refractivity contribution in [1.29, 1.82) is 0 Å². The first-order chi connectivity index (χ1) is 14.3. The SMILES string of the molecule is CCCNC(=O)N1CC[C@@](C)(O)[C@@H](NC(=O)c2ccc(F)cc2)[C@@H]1c1ccccc1. The lowest BCUT2D eigenvalue weighted by Crippen LogP contribution is -2.64. The molecule has 0 radical (unpaired) electrons. The Morgan fingerprint density at radius 3 is 2.47 bits per heavy atom. The molecule has 0 unspecified atom stereocenters. The van der Waals surface area contributed by atoms with Crippen molar-refractivity contribution in [1.82, 2.24) is 15.5 Å². The Hall–Kier alpha value is -2.93. The predicted molar refractivity (Wildman–Crippen MR) is 112 cm³/mol. The van der Waals surface area contributed by atoms with E-state index >= 15 is 0 Å². The largest absolute Gasteiger partial charge is 0.388 e. The third-order valence-electron chi connectivity index (χ3n) is 5.50. The number of likely N-dealkylation sites (tertiary alicyclic amines) is 1. The third kappa shape index (κ3) is 4.79. The van der Waals surface area contributed by atoms with Crippen molar-refractivity contribution in [3.8, 4) is 0 Å². The van der Waals surface area contributed by atoms with Crippen LogP contribution in [0.5, 0.6) is 0 Å². The Labute approximate surface area is 176 Å². The first kappa shape index (κ1) is 21.8. The molecule has 2 aromatic carbocycles. The summed E-state index contributed by atoms with van der Waals surface area (Å²) in [5.41, 5.74) is -0.141. The van der Waals surface area contributed by atoms with Gasteiger partial charge in [-0.25, -0.2) is 9.18 Å². The highest BCUT2D eigenvalue weighted by atomic mass is 19.1. The van der Waals surface area contributed by atoms with Crippen LogP contribution >= 0.6 is 0 Å². The van der Waals surface area contributed by atoms with Crippen LogP contribution in [0.4, 0.5) is 9.18 Å². The number of nitrogens with one attached hydrogen (secondary N) is 2. The molecule has 0 bridgehead atoms. The van der Waals surface area contributed by atoms with Crippen LogP contribution in [-0.4, -0.2) is 46.7 Å². The average molecular weight is 413 g/mol. The summed E-state index contributed by atoms with van der Waals surface area (Å²) in [6, 6.07) is 13.0. The second kappa shape index (κ2) is 9.26. The molecule has 3 amide bonds. The van der Waals surface area contributed by atoms with E-state index in [9.17, 15) is 19.1 Å². The molecule has 2 aromatic rings. The van der Waals surface area contributed by atoms with Crippen molar-refractivity contribution < 1.29 is 19.1 Å². The molecule has 0 spiro atoms. The van der Waals surface area contributed by atoms with Crippen LogP contribution in [0.2, 0.25) is 0 Å². The number of rotatable bonds is 5. The van der Waals surface area contributed by atoms with Crippen molar-refractivity contribution in [3.05, 3.63) is 71.5 Å². The van der Waals surface area contributed by atoms with Gasteiger partial charge in [0.05, 0.1) is 17.7 Å². The molecule has 3 rings (SSSR count). The van der Waals surface area contributed by atoms with Gasteiger partial charge in [-0.3, -0.25) is 4.79 Å². The molecule has 7 heteroatoms. The number of urea groups is 1. The van der Waals surface area contributed by atoms with Gasteiger partial charge in [0.15, 0.2) is 0 Å². The Morgan fingerprint density at radius 1 is 1.17 bits per heavy atom. The number of nitrogens with zero attached hydrogens (tertiary/aromatic N) is 1. The average Bonchev–Trinajstić information content (AvgIpc) is 2.74. The maximum absolute atomic E-state index is 13.2. The van der Waals surface area contributed by atoms with Crippen LogP contribution in [0.25, 0.3) is 0 Å². The molecule has 1 fully saturated rings. The zero-order valence-corrected chi connectivity index (χ0v) is 17.3. The van der Waals surface area contributed by atoms with Crippen molar-refractivity contribution in [2.24, 2.45) is 0 Å². The van der Waals surface area contributed by atoms with E-state index < -0.39 is 29.4 Å². The van der Waals surface area contributed by atoms with E-state index in [0.717, 1.165) is 12.0 Å². The number of carbonyl (C=O) groups is 2. The normalized spacial score (nSPS) is 23.7. The molecule has 3 atom stereocenters. The molecule has 1 aliphatic rings. The van der Waals surface area contributed by atoms with E-state index in [0.29, 0.717) is 19.5 Å². The maximum atomic E-state index is 13.2. The lowest BCUT2D eigenvalue weighted by Gasteiger charge is -2.49. The van der Waals surface area contributed by atoms with Crippen LogP contribution in [0.15, 0.2) is 54.6 Å². The van der Waals surface area contributed by atoms with Crippen LogP contribution in [0.3, 0.4) is 0 Å². The van der Waals surface area contributed by atoms with Gasteiger partial charge >= 0.3 is 6.03 Å². The quantitative estimate of drug-likeness (QED) is 0.704. The van der Waals surface area contributed by atoms with E-state index in [1.165, 1.54) is 24.3 Å². The summed E-state index contributed by atoms with van der Waals surface area (Å²) in [7, 11) is 0. The number of benzene rings is 2. The molecule has 160 valence electrons. The van der Waals surface area contributed by atoms with Gasteiger partial charge in [0.25, 0.3) is 5.91 Å². The van der Waals surface area contributed by atoms with E-state index in [1.807, 2.05) is 37.3 Å². The van der Waals surface area contributed by atoms with Crippen LogP contribution in [-0.2, 0) is 0 Å². The smallest absolute Gasteiger partial charge is 0.317 e. The molecule has 1 aliphatic heterocycles. The molecule has 6 nitrogen and oxygen atoms in total. The molecule has 1 saturated heterocycles. The minimum absolute atomic E-state index is 0.234. The van der Waals surface area contributed by atoms with E-state index in [1.54, 1.807) is 11.8 Å². The van der Waals surface area contributed by atoms with Crippen molar-refractivity contribution in [2.75, 3.05) is 13.1 Å². The topological polar surface area (TPSA) is 81.7 Å².